The van der Waals surface area contributed by atoms with Crippen molar-refractivity contribution in [2.75, 3.05) is 37.8 Å². The van der Waals surface area contributed by atoms with Crippen LogP contribution in [0, 0.1) is 0 Å². The number of nitrogens with zero attached hydrogens (tertiary/aromatic N) is 1. The second-order valence-electron chi connectivity index (χ2n) is 2.34. The number of alkyl halides is 2. The topological polar surface area (TPSA) is 73.1 Å². The maximum Gasteiger partial charge on any atom is 0.343 e. The summed E-state index contributed by atoms with van der Waals surface area (Å²) in [5, 5.41) is 2.28. The third-order valence-corrected chi connectivity index (χ3v) is 3.51. The Labute approximate surface area is 111 Å². The molecule has 92 valence electrons. The van der Waals surface area contributed by atoms with Crippen molar-refractivity contribution in [3.63, 3.8) is 0 Å². The maximum absolute atomic E-state index is 12.8. The molecule has 0 saturated carbocycles. The quantitative estimate of drug-likeness (QED) is 0.606. The highest BCUT2D eigenvalue weighted by molar-refractivity contribution is 7.54. The zero-order chi connectivity index (χ0) is 17.6. The lowest BCUT2D eigenvalue weighted by atomic mass is 10.5. The Balaban J connectivity index is 0.00000484. The van der Waals surface area contributed by atoms with Crippen LogP contribution in [0.3, 0.4) is 0 Å². The molecule has 0 aromatic rings. The summed E-state index contributed by atoms with van der Waals surface area (Å²) < 4.78 is 77.9. The van der Waals surface area contributed by atoms with Crippen LogP contribution in [0.4, 0.5) is 0 Å². The molecule has 1 aliphatic heterocycles. The first-order valence-corrected chi connectivity index (χ1v) is 6.09. The van der Waals surface area contributed by atoms with Gasteiger partial charge in [-0.3, -0.25) is 4.57 Å². The summed E-state index contributed by atoms with van der Waals surface area (Å²) in [4.78, 5) is 0. The first kappa shape index (κ1) is 6.55. The zero-order valence-electron chi connectivity index (χ0n) is 15.6. The minimum absolute atomic E-state index is 0. The largest absolute Gasteiger partial charge is 0.412 e. The van der Waals surface area contributed by atoms with Gasteiger partial charge in [-0.05, 0) is 6.42 Å². The standard InChI is InChI=1S/C7H15Cl2N2O2P.H2O/c8-2-5-11(6-3-9)14(12)10-4-1-7-13-14;/h1-7H2,(H,10,12);1H2/i2D2,3D2,5D2,6D2;. The fraction of sp³-hybridized carbons (Fsp3) is 1.00. The molecule has 0 radical (unpaired) electrons. The van der Waals surface area contributed by atoms with Crippen molar-refractivity contribution in [2.45, 2.75) is 6.42 Å². The summed E-state index contributed by atoms with van der Waals surface area (Å²) in [5.74, 6) is -6.41. The maximum atomic E-state index is 12.8. The Hall–Kier alpha value is 0.650. The lowest BCUT2D eigenvalue weighted by molar-refractivity contribution is 0.233. The van der Waals surface area contributed by atoms with Crippen LogP contribution < -0.4 is 5.09 Å². The van der Waals surface area contributed by atoms with E-state index in [0.29, 0.717) is 6.42 Å². The molecule has 1 aliphatic rings. The highest BCUT2D eigenvalue weighted by Gasteiger charge is 2.32. The molecule has 3 N–H and O–H groups in total. The highest BCUT2D eigenvalue weighted by Crippen LogP contribution is 2.47. The second kappa shape index (κ2) is 7.85. The van der Waals surface area contributed by atoms with E-state index in [1.807, 2.05) is 0 Å². The molecular formula is C7H17Cl2N2O3P. The molecule has 8 heteroatoms. The van der Waals surface area contributed by atoms with Crippen molar-refractivity contribution < 1.29 is 25.5 Å². The second-order valence-corrected chi connectivity index (χ2v) is 4.73. The average Bonchev–Trinajstić information content (AvgIpc) is 2.25. The van der Waals surface area contributed by atoms with Crippen LogP contribution in [-0.2, 0) is 9.09 Å². The molecule has 1 saturated heterocycles. The summed E-state index contributed by atoms with van der Waals surface area (Å²) >= 11 is 10.7. The molecule has 1 heterocycles. The van der Waals surface area contributed by atoms with Crippen LogP contribution in [0.2, 0.25) is 0 Å². The van der Waals surface area contributed by atoms with Gasteiger partial charge < -0.3 is 10.00 Å². The smallest absolute Gasteiger partial charge is 0.343 e. The van der Waals surface area contributed by atoms with Gasteiger partial charge in [0.1, 0.15) is 0 Å². The van der Waals surface area contributed by atoms with E-state index in [4.69, 9.17) is 38.7 Å². The van der Waals surface area contributed by atoms with E-state index < -0.39 is 32.3 Å². The van der Waals surface area contributed by atoms with E-state index in [2.05, 4.69) is 5.09 Å². The van der Waals surface area contributed by atoms with E-state index >= 15 is 0 Å². The SMILES string of the molecule is O.[2H]C([2H])(Cl)C([2H])([2H])N(C([2H])([2H])C([2H])([2H])Cl)P1(=O)NCCCO1. The van der Waals surface area contributed by atoms with Gasteiger partial charge in [-0.1, -0.05) is 0 Å². The fourth-order valence-electron chi connectivity index (χ4n) is 0.895. The van der Waals surface area contributed by atoms with Crippen molar-refractivity contribution in [3.05, 3.63) is 0 Å². The summed E-state index contributed by atoms with van der Waals surface area (Å²) in [6, 6.07) is 0. The van der Waals surface area contributed by atoms with Gasteiger partial charge in [0.25, 0.3) is 0 Å². The molecule has 1 atom stereocenters. The van der Waals surface area contributed by atoms with Crippen molar-refractivity contribution in [3.8, 4) is 0 Å². The van der Waals surface area contributed by atoms with Crippen molar-refractivity contribution >= 4 is 30.9 Å². The van der Waals surface area contributed by atoms with Crippen molar-refractivity contribution in [1.82, 2.24) is 9.76 Å². The molecule has 0 bridgehead atoms. The Kier molecular flexibility index (Phi) is 3.43. The Morgan fingerprint density at radius 1 is 1.47 bits per heavy atom. The van der Waals surface area contributed by atoms with Crippen LogP contribution in [0.25, 0.3) is 0 Å². The molecule has 5 nitrogen and oxygen atoms in total. The van der Waals surface area contributed by atoms with Crippen LogP contribution in [0.15, 0.2) is 0 Å². The molecule has 0 spiro atoms. The predicted octanol–water partition coefficient (Wildman–Crippen LogP) is 1.06. The third-order valence-electron chi connectivity index (χ3n) is 1.46. The molecular weight excluding hydrogens is 262 g/mol. The zero-order valence-corrected chi connectivity index (χ0v) is 9.99. The van der Waals surface area contributed by atoms with Crippen LogP contribution in [-0.4, -0.2) is 48.0 Å². The molecule has 0 aromatic heterocycles. The number of rotatable bonds is 5. The van der Waals surface area contributed by atoms with Crippen LogP contribution in [0.1, 0.15) is 17.4 Å². The highest BCUT2D eigenvalue weighted by atomic mass is 35.5. The first-order valence-electron chi connectivity index (χ1n) is 7.76. The lowest BCUT2D eigenvalue weighted by Gasteiger charge is -2.33. The van der Waals surface area contributed by atoms with Crippen LogP contribution in [0.5, 0.6) is 0 Å². The molecule has 1 rings (SSSR count). The molecule has 1 unspecified atom stereocenters. The molecule has 0 amide bonds. The monoisotopic (exact) mass is 286 g/mol. The minimum Gasteiger partial charge on any atom is -0.412 e. The predicted molar refractivity (Wildman–Crippen MR) is 62.8 cm³/mol. The van der Waals surface area contributed by atoms with E-state index in [1.165, 1.54) is 0 Å². The summed E-state index contributed by atoms with van der Waals surface area (Å²) in [6.07, 6.45) is 0.408. The lowest BCUT2D eigenvalue weighted by Crippen LogP contribution is -2.35. The number of halogens is 2. The first-order chi connectivity index (χ1) is 9.57. The summed E-state index contributed by atoms with van der Waals surface area (Å²) in [5.41, 5.74) is 0. The minimum atomic E-state index is -4.48. The summed E-state index contributed by atoms with van der Waals surface area (Å²) in [7, 11) is -4.48. The molecule has 15 heavy (non-hydrogen) atoms. The van der Waals surface area contributed by atoms with Gasteiger partial charge in [-0.2, -0.15) is 0 Å². The third kappa shape index (κ3) is 4.57. The van der Waals surface area contributed by atoms with Gasteiger partial charge in [0, 0.05) is 42.2 Å². The van der Waals surface area contributed by atoms with Gasteiger partial charge in [-0.25, -0.2) is 9.76 Å². The van der Waals surface area contributed by atoms with E-state index in [1.54, 1.807) is 0 Å². The van der Waals surface area contributed by atoms with E-state index in [-0.39, 0.29) is 23.3 Å². The van der Waals surface area contributed by atoms with Gasteiger partial charge in [0.2, 0.25) is 0 Å². The Morgan fingerprint density at radius 3 is 2.47 bits per heavy atom. The molecule has 0 aliphatic carbocycles. The van der Waals surface area contributed by atoms with E-state index in [9.17, 15) is 4.57 Å². The molecule has 1 fully saturated rings. The van der Waals surface area contributed by atoms with Gasteiger partial charge in [0.05, 0.1) is 6.61 Å². The summed E-state index contributed by atoms with van der Waals surface area (Å²) in [6.45, 7) is -6.83. The van der Waals surface area contributed by atoms with E-state index in [0.717, 1.165) is 0 Å². The average molecular weight is 287 g/mol. The number of nitrogens with one attached hydrogen (secondary N) is 1. The van der Waals surface area contributed by atoms with Gasteiger partial charge in [-0.15, -0.1) is 23.2 Å². The number of hydrogen-bond donors (Lipinski definition) is 1. The Morgan fingerprint density at radius 2 is 2.07 bits per heavy atom. The Bertz CT molecular complexity index is 436. The fourth-order valence-corrected chi connectivity index (χ4v) is 2.71. The van der Waals surface area contributed by atoms with Crippen LogP contribution >= 0.6 is 30.9 Å². The number of hydrogen-bond acceptors (Lipinski definition) is 2. The normalized spacial score (nSPS) is 38.1. The van der Waals surface area contributed by atoms with Gasteiger partial charge >= 0.3 is 7.67 Å². The van der Waals surface area contributed by atoms with Crippen molar-refractivity contribution in [1.29, 1.82) is 0 Å². The van der Waals surface area contributed by atoms with Crippen molar-refractivity contribution in [2.24, 2.45) is 0 Å². The van der Waals surface area contributed by atoms with Gasteiger partial charge in [0.15, 0.2) is 0 Å². The molecule has 0 aromatic carbocycles.